The number of piperidine rings is 4. The Morgan fingerprint density at radius 1 is 0.581 bits per heavy atom. The van der Waals surface area contributed by atoms with Crippen LogP contribution in [-0.4, -0.2) is 116 Å². The Bertz CT molecular complexity index is 2860. The minimum Gasteiger partial charge on any atom is -0.453 e. The van der Waals surface area contributed by atoms with Gasteiger partial charge >= 0.3 is 12.2 Å². The molecule has 8 bridgehead atoms. The van der Waals surface area contributed by atoms with Gasteiger partial charge < -0.3 is 39.9 Å². The molecule has 4 aliphatic heterocycles. The Hall–Kier alpha value is -6.00. The molecule has 74 heavy (non-hydrogen) atoms. The summed E-state index contributed by atoms with van der Waals surface area (Å²) in [5.41, 5.74) is 13.6. The number of aryl methyl sites for hydroxylation is 4. The summed E-state index contributed by atoms with van der Waals surface area (Å²) in [4.78, 5) is 75.6. The Morgan fingerprint density at radius 3 is 1.39 bits per heavy atom. The van der Waals surface area contributed by atoms with Crippen molar-refractivity contribution in [3.8, 4) is 22.3 Å². The van der Waals surface area contributed by atoms with Crippen molar-refractivity contribution in [2.75, 3.05) is 38.2 Å². The maximum atomic E-state index is 14.4. The van der Waals surface area contributed by atoms with Crippen molar-refractivity contribution < 1.29 is 28.7 Å². The number of ether oxygens (including phenoxy) is 2. The van der Waals surface area contributed by atoms with Crippen molar-refractivity contribution in [3.05, 3.63) is 107 Å². The lowest BCUT2D eigenvalue weighted by molar-refractivity contribution is -0.148. The first kappa shape index (κ1) is 50.2. The van der Waals surface area contributed by atoms with E-state index in [2.05, 4.69) is 93.4 Å². The summed E-state index contributed by atoms with van der Waals surface area (Å²) in [6.45, 7) is 0. The van der Waals surface area contributed by atoms with Gasteiger partial charge in [-0.1, -0.05) is 48.5 Å². The highest BCUT2D eigenvalue weighted by Gasteiger charge is 2.49. The first-order chi connectivity index (χ1) is 36.1. The number of nitrogens with zero attached hydrogens (tertiary/aromatic N) is 4. The average molecular weight is 1040 g/mol. The van der Waals surface area contributed by atoms with Crippen LogP contribution in [0.25, 0.3) is 44.3 Å². The summed E-state index contributed by atoms with van der Waals surface area (Å²) in [7, 11) is 2.67. The molecule has 0 radical (unpaired) electrons. The molecule has 4 atom stereocenters. The third-order valence-corrected chi connectivity index (χ3v) is 18.2. The summed E-state index contributed by atoms with van der Waals surface area (Å²) >= 11 is 3.32. The predicted molar refractivity (Wildman–Crippen MR) is 293 cm³/mol. The number of amides is 4. The minimum absolute atomic E-state index is 0.0540. The van der Waals surface area contributed by atoms with Crippen molar-refractivity contribution in [2.24, 2.45) is 11.8 Å². The maximum absolute atomic E-state index is 14.4. The molecule has 10 aliphatic rings. The molecule has 4 saturated heterocycles. The molecule has 14 nitrogen and oxygen atoms in total. The monoisotopic (exact) mass is 1040 g/mol. The molecule has 4 aromatic carbocycles. The summed E-state index contributed by atoms with van der Waals surface area (Å²) < 4.78 is 9.88. The lowest BCUT2D eigenvalue weighted by Crippen LogP contribution is -2.58. The quantitative estimate of drug-likeness (QED) is 0.0822. The number of H-pyrrole nitrogens is 2. The highest BCUT2D eigenvalue weighted by atomic mass is 32.2. The fraction of sp³-hybridized carbons (Fsp3) is 0.483. The van der Waals surface area contributed by atoms with Gasteiger partial charge in [0.1, 0.15) is 23.7 Å². The molecular weight excluding hydrogens is 969 g/mol. The van der Waals surface area contributed by atoms with Crippen LogP contribution in [0, 0.1) is 11.8 Å². The molecule has 4 unspecified atom stereocenters. The van der Waals surface area contributed by atoms with E-state index in [1.165, 1.54) is 47.6 Å². The zero-order valence-corrected chi connectivity index (χ0v) is 44.5. The normalized spacial score (nSPS) is 22.9. The Kier molecular flexibility index (Phi) is 14.7. The number of rotatable bonds is 14. The van der Waals surface area contributed by atoms with Gasteiger partial charge in [-0.15, -0.1) is 0 Å². The second-order valence-electron chi connectivity index (χ2n) is 21.1. The molecule has 16 rings (SSSR count). The Morgan fingerprint density at radius 2 is 1.00 bits per heavy atom. The van der Waals surface area contributed by atoms with Gasteiger partial charge in [0.05, 0.1) is 48.4 Å². The fourth-order valence-corrected chi connectivity index (χ4v) is 14.1. The van der Waals surface area contributed by atoms with Gasteiger partial charge in [-0.2, -0.15) is 23.5 Å². The third kappa shape index (κ3) is 9.88. The third-order valence-electron chi connectivity index (χ3n) is 16.9. The van der Waals surface area contributed by atoms with Crippen LogP contribution in [0.5, 0.6) is 0 Å². The molecule has 388 valence electrons. The van der Waals surface area contributed by atoms with Gasteiger partial charge in [0.15, 0.2) is 0 Å². The van der Waals surface area contributed by atoms with Crippen molar-refractivity contribution in [3.63, 3.8) is 0 Å². The number of carbonyl (C=O) groups excluding carboxylic acids is 4. The van der Waals surface area contributed by atoms with Gasteiger partial charge in [-0.25, -0.2) is 19.6 Å². The number of alkyl carbamates (subject to hydrolysis) is 2. The molecule has 2 saturated carbocycles. The van der Waals surface area contributed by atoms with Crippen LogP contribution in [0.1, 0.15) is 110 Å². The zero-order valence-electron chi connectivity index (χ0n) is 42.9. The van der Waals surface area contributed by atoms with Crippen LogP contribution in [0.2, 0.25) is 0 Å². The number of imidazole rings is 2. The van der Waals surface area contributed by atoms with Crippen molar-refractivity contribution >= 4 is 69.6 Å². The summed E-state index contributed by atoms with van der Waals surface area (Å²) in [5.74, 6) is 3.61. The van der Waals surface area contributed by atoms with Crippen LogP contribution in [0.4, 0.5) is 9.59 Å². The first-order valence-corrected chi connectivity index (χ1v) is 29.4. The van der Waals surface area contributed by atoms with Gasteiger partial charge in [0.2, 0.25) is 11.8 Å². The highest BCUT2D eigenvalue weighted by Crippen LogP contribution is 2.49. The zero-order chi connectivity index (χ0) is 51.0. The second kappa shape index (κ2) is 21.7. The minimum atomic E-state index is -0.661. The number of methoxy groups -OCH3 is 2. The van der Waals surface area contributed by atoms with Crippen LogP contribution >= 0.6 is 23.5 Å². The molecule has 0 spiro atoms. The van der Waals surface area contributed by atoms with Gasteiger partial charge in [0.25, 0.3) is 0 Å². The number of hydrogen-bond acceptors (Lipinski definition) is 10. The van der Waals surface area contributed by atoms with E-state index in [0.717, 1.165) is 133 Å². The Balaban J connectivity index is 0.843. The fourth-order valence-electron chi connectivity index (χ4n) is 13.2. The van der Waals surface area contributed by atoms with Crippen LogP contribution in [-0.2, 0) is 44.7 Å². The number of nitrogens with one attached hydrogen (secondary N) is 4. The molecule has 6 aromatic rings. The van der Waals surface area contributed by atoms with Crippen molar-refractivity contribution in [2.45, 2.75) is 126 Å². The lowest BCUT2D eigenvalue weighted by atomic mass is 9.74. The van der Waals surface area contributed by atoms with Crippen LogP contribution < -0.4 is 10.6 Å². The maximum Gasteiger partial charge on any atom is 0.407 e. The van der Waals surface area contributed by atoms with E-state index in [-0.39, 0.29) is 36.0 Å². The van der Waals surface area contributed by atoms with Crippen molar-refractivity contribution in [1.29, 1.82) is 0 Å². The number of benzene rings is 4. The topological polar surface area (TPSA) is 175 Å². The van der Waals surface area contributed by atoms with E-state index in [0.29, 0.717) is 24.7 Å². The average Bonchev–Trinajstić information content (AvgIpc) is 4.08. The number of thioether (sulfide) groups is 2. The van der Waals surface area contributed by atoms with E-state index in [9.17, 15) is 19.2 Å². The van der Waals surface area contributed by atoms with Crippen molar-refractivity contribution in [1.82, 2.24) is 40.4 Å². The Labute approximate surface area is 441 Å². The number of aromatic amines is 2. The van der Waals surface area contributed by atoms with E-state index in [1.54, 1.807) is 23.5 Å². The standard InChI is InChI=1S/C58H68N8O6S2/c1-71-57(69)63-47(25-27-73-3)55(67)65-41-19-13-37(14-20-41)51(65)53-59-45-23-17-39(31-49(45)61-53)43-29-33-5-9-35(43)11-7-34-6-10-36(12-8-33)44(30-34)40-18-24-46-50(32-40)62-54(60-46)52-38-15-21-42(22-16-38)66(52)56(68)48(26-28-74-4)64-58(70)72-2/h5-6,9-10,17-18,23-24,29-32,37-38,41-42,47-48,51-52H,7-8,11-16,19-22,25-28H2,1-4H3,(H,59,61)(H,60,62)(H,63,69)(H,64,70). The largest absolute Gasteiger partial charge is 0.453 e. The molecule has 2 aromatic heterocycles. The molecule has 6 aliphatic carbocycles. The number of aromatic nitrogens is 4. The summed E-state index contributed by atoms with van der Waals surface area (Å²) in [6.07, 6.45) is 15.4. The number of fused-ring (bicyclic) bond motifs is 8. The highest BCUT2D eigenvalue weighted by molar-refractivity contribution is 7.98. The number of hydrogen-bond donors (Lipinski definition) is 4. The molecule has 4 N–H and O–H groups in total. The lowest BCUT2D eigenvalue weighted by Gasteiger charge is -2.51. The second-order valence-corrected chi connectivity index (χ2v) is 23.1. The molecular formula is C58H68N8O6S2. The molecule has 16 heteroatoms. The summed E-state index contributed by atoms with van der Waals surface area (Å²) in [5, 5.41) is 5.69. The van der Waals surface area contributed by atoms with Crippen LogP contribution in [0.15, 0.2) is 72.8 Å². The summed E-state index contributed by atoms with van der Waals surface area (Å²) in [6, 6.07) is 25.6. The molecule has 6 heterocycles. The molecule has 4 amide bonds. The van der Waals surface area contributed by atoms with E-state index >= 15 is 0 Å². The van der Waals surface area contributed by atoms with Gasteiger partial charge in [-0.3, -0.25) is 9.59 Å². The van der Waals surface area contributed by atoms with Gasteiger partial charge in [0, 0.05) is 12.1 Å². The molecule has 6 fully saturated rings. The first-order valence-electron chi connectivity index (χ1n) is 26.7. The SMILES string of the molecule is COC(=O)NC(CCSC)C(=O)N1C2CCC(CC2)C1c1nc2ccc(-c3cc4ccc3CCc3ccc(c(-c5ccc6nc(C7C8CCC(CC8)N7C(=O)C(CCSC)NC(=O)OC)[nH]c6c5)c3)CC4)cc2[nH]1. The predicted octanol–water partition coefficient (Wildman–Crippen LogP) is 10.5. The smallest absolute Gasteiger partial charge is 0.407 e. The van der Waals surface area contributed by atoms with Crippen LogP contribution in [0.3, 0.4) is 0 Å². The number of carbonyl (C=O) groups is 4. The van der Waals surface area contributed by atoms with E-state index in [4.69, 9.17) is 19.4 Å². The van der Waals surface area contributed by atoms with E-state index in [1.807, 2.05) is 22.3 Å². The van der Waals surface area contributed by atoms with Gasteiger partial charge in [-0.05, 0) is 195 Å². The van der Waals surface area contributed by atoms with E-state index < -0.39 is 24.3 Å².